The van der Waals surface area contributed by atoms with Gasteiger partial charge in [0.1, 0.15) is 0 Å². The highest BCUT2D eigenvalue weighted by Crippen LogP contribution is 2.02. The van der Waals surface area contributed by atoms with Crippen molar-refractivity contribution in [2.45, 2.75) is 13.3 Å². The maximum absolute atomic E-state index is 12.5. The van der Waals surface area contributed by atoms with Crippen molar-refractivity contribution < 1.29 is 13.9 Å². The Morgan fingerprint density at radius 2 is 2.46 bits per heavy atom. The second-order valence-corrected chi connectivity index (χ2v) is 2.50. The Labute approximate surface area is 75.6 Å². The number of carbonyl (C=O) groups is 1. The van der Waals surface area contributed by atoms with Gasteiger partial charge in [-0.05, 0) is 12.5 Å². The molecule has 0 N–H and O–H groups in total. The number of aromatic nitrogens is 1. The first-order valence-corrected chi connectivity index (χ1v) is 4.02. The predicted octanol–water partition coefficient (Wildman–Crippen LogP) is 1.79. The third-order valence-electron chi connectivity index (χ3n) is 1.40. The van der Waals surface area contributed by atoms with Crippen molar-refractivity contribution in [3.63, 3.8) is 0 Å². The molecule has 0 aliphatic heterocycles. The van der Waals surface area contributed by atoms with Crippen molar-refractivity contribution in [3.8, 4) is 0 Å². The molecule has 0 amide bonds. The lowest BCUT2D eigenvalue weighted by Crippen LogP contribution is -2.06. The number of halogens is 1. The molecule has 0 unspecified atom stereocenters. The molecule has 1 heterocycles. The van der Waals surface area contributed by atoms with Gasteiger partial charge in [-0.3, -0.25) is 0 Å². The van der Waals surface area contributed by atoms with Crippen LogP contribution in [0.1, 0.15) is 23.7 Å². The lowest BCUT2D eigenvalue weighted by atomic mass is 10.3. The van der Waals surface area contributed by atoms with Crippen LogP contribution in [0.2, 0.25) is 0 Å². The van der Waals surface area contributed by atoms with Gasteiger partial charge in [0.05, 0.1) is 12.2 Å². The molecule has 0 atom stereocenters. The topological polar surface area (TPSA) is 39.2 Å². The Hall–Kier alpha value is -1.45. The van der Waals surface area contributed by atoms with Crippen LogP contribution >= 0.6 is 0 Å². The van der Waals surface area contributed by atoms with E-state index in [0.29, 0.717) is 6.61 Å². The molecule has 0 bridgehead atoms. The van der Waals surface area contributed by atoms with Crippen LogP contribution in [0.25, 0.3) is 0 Å². The molecule has 3 nitrogen and oxygen atoms in total. The van der Waals surface area contributed by atoms with Gasteiger partial charge >= 0.3 is 5.97 Å². The van der Waals surface area contributed by atoms with Crippen LogP contribution in [-0.2, 0) is 4.74 Å². The van der Waals surface area contributed by atoms with E-state index in [1.165, 1.54) is 12.3 Å². The van der Waals surface area contributed by atoms with Gasteiger partial charge in [0, 0.05) is 12.3 Å². The second kappa shape index (κ2) is 4.54. The zero-order valence-corrected chi connectivity index (χ0v) is 7.29. The number of nitrogens with zero attached hydrogens (tertiary/aromatic N) is 1. The maximum atomic E-state index is 12.5. The van der Waals surface area contributed by atoms with Crippen molar-refractivity contribution in [2.24, 2.45) is 0 Å². The Balaban J connectivity index is 2.66. The highest BCUT2D eigenvalue weighted by atomic mass is 19.1. The van der Waals surface area contributed by atoms with E-state index in [2.05, 4.69) is 4.98 Å². The van der Waals surface area contributed by atoms with E-state index in [-0.39, 0.29) is 5.56 Å². The van der Waals surface area contributed by atoms with Gasteiger partial charge in [-0.25, -0.2) is 9.78 Å². The van der Waals surface area contributed by atoms with Gasteiger partial charge in [0.15, 0.2) is 0 Å². The number of carbonyl (C=O) groups excluding carboxylic acids is 1. The minimum Gasteiger partial charge on any atom is -0.462 e. The molecule has 1 aromatic heterocycles. The lowest BCUT2D eigenvalue weighted by Gasteiger charge is -2.01. The monoisotopic (exact) mass is 183 g/mol. The summed E-state index contributed by atoms with van der Waals surface area (Å²) < 4.78 is 17.3. The molecular weight excluding hydrogens is 173 g/mol. The summed E-state index contributed by atoms with van der Waals surface area (Å²) in [6.07, 6.45) is 1.98. The maximum Gasteiger partial charge on any atom is 0.338 e. The van der Waals surface area contributed by atoms with E-state index in [9.17, 15) is 9.18 Å². The van der Waals surface area contributed by atoms with E-state index in [1.54, 1.807) is 0 Å². The Kier molecular flexibility index (Phi) is 3.37. The van der Waals surface area contributed by atoms with E-state index in [0.717, 1.165) is 12.5 Å². The Morgan fingerprint density at radius 3 is 3.08 bits per heavy atom. The number of pyridine rings is 1. The van der Waals surface area contributed by atoms with Crippen molar-refractivity contribution in [3.05, 3.63) is 29.8 Å². The molecule has 0 aliphatic carbocycles. The summed E-state index contributed by atoms with van der Waals surface area (Å²) in [5, 5.41) is 0. The van der Waals surface area contributed by atoms with Gasteiger partial charge < -0.3 is 4.74 Å². The van der Waals surface area contributed by atoms with Crippen molar-refractivity contribution in [1.82, 2.24) is 4.98 Å². The van der Waals surface area contributed by atoms with Crippen LogP contribution < -0.4 is 0 Å². The third kappa shape index (κ3) is 2.82. The zero-order chi connectivity index (χ0) is 9.68. The molecule has 0 saturated carbocycles. The van der Waals surface area contributed by atoms with Crippen molar-refractivity contribution in [2.75, 3.05) is 6.61 Å². The van der Waals surface area contributed by atoms with Crippen LogP contribution in [0.4, 0.5) is 4.39 Å². The summed E-state index contributed by atoms with van der Waals surface area (Å²) in [7, 11) is 0. The van der Waals surface area contributed by atoms with Crippen molar-refractivity contribution >= 4 is 5.97 Å². The highest BCUT2D eigenvalue weighted by Gasteiger charge is 2.06. The quantitative estimate of drug-likeness (QED) is 0.529. The van der Waals surface area contributed by atoms with E-state index >= 15 is 0 Å². The predicted molar refractivity (Wildman–Crippen MR) is 44.8 cm³/mol. The molecular formula is C9H10FNO2. The summed E-state index contributed by atoms with van der Waals surface area (Å²) >= 11 is 0. The second-order valence-electron chi connectivity index (χ2n) is 2.50. The first-order chi connectivity index (χ1) is 6.24. The molecule has 0 fully saturated rings. The van der Waals surface area contributed by atoms with Crippen LogP contribution in [-0.4, -0.2) is 17.6 Å². The van der Waals surface area contributed by atoms with Crippen LogP contribution in [0, 0.1) is 5.95 Å². The minimum absolute atomic E-state index is 0.195. The normalized spacial score (nSPS) is 9.69. The minimum atomic E-state index is -0.675. The lowest BCUT2D eigenvalue weighted by molar-refractivity contribution is 0.0504. The largest absolute Gasteiger partial charge is 0.462 e. The first-order valence-electron chi connectivity index (χ1n) is 4.02. The van der Waals surface area contributed by atoms with Gasteiger partial charge in [-0.15, -0.1) is 0 Å². The first kappa shape index (κ1) is 9.64. The number of ether oxygens (including phenoxy) is 1. The summed E-state index contributed by atoms with van der Waals surface area (Å²) in [5.74, 6) is -1.19. The molecule has 0 radical (unpaired) electrons. The van der Waals surface area contributed by atoms with Crippen LogP contribution in [0.5, 0.6) is 0 Å². The summed E-state index contributed by atoms with van der Waals surface area (Å²) in [4.78, 5) is 14.5. The van der Waals surface area contributed by atoms with Gasteiger partial charge in [0.25, 0.3) is 0 Å². The standard InChI is InChI=1S/C9H10FNO2/c1-2-5-13-9(12)7-3-4-11-8(10)6-7/h3-4,6H,2,5H2,1H3. The summed E-state index contributed by atoms with van der Waals surface area (Å²) in [6.45, 7) is 2.24. The smallest absolute Gasteiger partial charge is 0.338 e. The molecule has 70 valence electrons. The number of esters is 1. The van der Waals surface area contributed by atoms with Gasteiger partial charge in [0.2, 0.25) is 5.95 Å². The molecule has 1 aromatic rings. The molecule has 0 spiro atoms. The SMILES string of the molecule is CCCOC(=O)c1ccnc(F)c1. The fourth-order valence-corrected chi connectivity index (χ4v) is 0.808. The van der Waals surface area contributed by atoms with E-state index in [4.69, 9.17) is 4.74 Å². The molecule has 0 saturated heterocycles. The van der Waals surface area contributed by atoms with Crippen LogP contribution in [0.3, 0.4) is 0 Å². The fourth-order valence-electron chi connectivity index (χ4n) is 0.808. The van der Waals surface area contributed by atoms with E-state index < -0.39 is 11.9 Å². The molecule has 13 heavy (non-hydrogen) atoms. The molecule has 0 aliphatic rings. The molecule has 4 heteroatoms. The summed E-state index contributed by atoms with van der Waals surface area (Å²) in [5.41, 5.74) is 0.195. The van der Waals surface area contributed by atoms with Gasteiger partial charge in [-0.2, -0.15) is 4.39 Å². The van der Waals surface area contributed by atoms with Gasteiger partial charge in [-0.1, -0.05) is 6.92 Å². The highest BCUT2D eigenvalue weighted by molar-refractivity contribution is 5.89. The molecule has 0 aromatic carbocycles. The average molecular weight is 183 g/mol. The Bertz CT molecular complexity index is 301. The number of rotatable bonds is 3. The fraction of sp³-hybridized carbons (Fsp3) is 0.333. The number of hydrogen-bond donors (Lipinski definition) is 0. The van der Waals surface area contributed by atoms with Crippen molar-refractivity contribution in [1.29, 1.82) is 0 Å². The summed E-state index contributed by atoms with van der Waals surface area (Å²) in [6, 6.07) is 2.47. The molecule has 1 rings (SSSR count). The third-order valence-corrected chi connectivity index (χ3v) is 1.40. The zero-order valence-electron chi connectivity index (χ0n) is 7.29. The average Bonchev–Trinajstić information content (AvgIpc) is 2.14. The van der Waals surface area contributed by atoms with Crippen LogP contribution in [0.15, 0.2) is 18.3 Å². The number of hydrogen-bond acceptors (Lipinski definition) is 3. The Morgan fingerprint density at radius 1 is 1.69 bits per heavy atom. The van der Waals surface area contributed by atoms with E-state index in [1.807, 2.05) is 6.92 Å².